The Kier molecular flexibility index (Phi) is 3.87. The lowest BCUT2D eigenvalue weighted by molar-refractivity contribution is 0.271. The van der Waals surface area contributed by atoms with Gasteiger partial charge in [0.05, 0.1) is 25.0 Å². The third kappa shape index (κ3) is 3.12. The molecular weight excluding hydrogens is 250 g/mol. The maximum atomic E-state index is 4.48. The average Bonchev–Trinajstić information content (AvgIpc) is 2.55. The molecule has 102 valence electrons. The zero-order valence-corrected chi connectivity index (χ0v) is 11.3. The lowest BCUT2D eigenvalue weighted by atomic mass is 10.3. The molecule has 0 spiro atoms. The summed E-state index contributed by atoms with van der Waals surface area (Å²) in [6.07, 6.45) is 5.43. The highest BCUT2D eigenvalue weighted by atomic mass is 15.5. The number of nitrogens with zero attached hydrogens (tertiary/aromatic N) is 5. The third-order valence-electron chi connectivity index (χ3n) is 3.27. The second-order valence-corrected chi connectivity index (χ2v) is 4.63. The lowest BCUT2D eigenvalue weighted by Crippen LogP contribution is -2.44. The van der Waals surface area contributed by atoms with Crippen molar-refractivity contribution in [1.29, 1.82) is 0 Å². The first kappa shape index (κ1) is 12.6. The molecule has 1 aliphatic heterocycles. The van der Waals surface area contributed by atoms with Crippen molar-refractivity contribution in [2.75, 3.05) is 31.1 Å². The van der Waals surface area contributed by atoms with Crippen LogP contribution in [0, 0.1) is 0 Å². The Morgan fingerprint density at radius 2 is 1.65 bits per heavy atom. The van der Waals surface area contributed by atoms with Gasteiger partial charge in [-0.3, -0.25) is 9.99 Å². The van der Waals surface area contributed by atoms with Gasteiger partial charge in [-0.15, -0.1) is 0 Å². The molecule has 0 N–H and O–H groups in total. The van der Waals surface area contributed by atoms with E-state index in [1.165, 1.54) is 0 Å². The highest BCUT2D eigenvalue weighted by Gasteiger charge is 2.15. The van der Waals surface area contributed by atoms with Gasteiger partial charge >= 0.3 is 0 Å². The maximum Gasteiger partial charge on any atom is 0.128 e. The summed E-state index contributed by atoms with van der Waals surface area (Å²) < 4.78 is 0. The Morgan fingerprint density at radius 1 is 0.900 bits per heavy atom. The van der Waals surface area contributed by atoms with Gasteiger partial charge in [0.1, 0.15) is 5.82 Å². The van der Waals surface area contributed by atoms with E-state index in [0.717, 1.165) is 37.7 Å². The van der Waals surface area contributed by atoms with Gasteiger partial charge in [0, 0.05) is 25.5 Å². The predicted octanol–water partition coefficient (Wildman–Crippen LogP) is 1.63. The van der Waals surface area contributed by atoms with E-state index in [9.17, 15) is 0 Å². The zero-order chi connectivity index (χ0) is 13.6. The number of anilines is 1. The van der Waals surface area contributed by atoms with Crippen molar-refractivity contribution in [2.24, 2.45) is 5.10 Å². The van der Waals surface area contributed by atoms with Crippen molar-refractivity contribution < 1.29 is 0 Å². The van der Waals surface area contributed by atoms with Crippen LogP contribution < -0.4 is 4.90 Å². The summed E-state index contributed by atoms with van der Waals surface area (Å²) in [4.78, 5) is 10.9. The molecule has 1 fully saturated rings. The molecule has 0 unspecified atom stereocenters. The fourth-order valence-electron chi connectivity index (χ4n) is 2.17. The number of hydrogen-bond acceptors (Lipinski definition) is 5. The zero-order valence-electron chi connectivity index (χ0n) is 11.3. The van der Waals surface area contributed by atoms with Gasteiger partial charge < -0.3 is 4.90 Å². The van der Waals surface area contributed by atoms with Gasteiger partial charge in [-0.25, -0.2) is 4.98 Å². The van der Waals surface area contributed by atoms with Crippen LogP contribution in [0.25, 0.3) is 0 Å². The first-order chi connectivity index (χ1) is 9.92. The van der Waals surface area contributed by atoms with Crippen LogP contribution >= 0.6 is 0 Å². The van der Waals surface area contributed by atoms with Gasteiger partial charge in [0.25, 0.3) is 0 Å². The second-order valence-electron chi connectivity index (χ2n) is 4.63. The largest absolute Gasteiger partial charge is 0.353 e. The molecule has 20 heavy (non-hydrogen) atoms. The SMILES string of the molecule is C(=N/N1CCN(c2ccccn2)CC1)/c1ccccn1. The quantitative estimate of drug-likeness (QED) is 0.793. The summed E-state index contributed by atoms with van der Waals surface area (Å²) in [6, 6.07) is 11.8. The Balaban J connectivity index is 1.55. The van der Waals surface area contributed by atoms with E-state index in [-0.39, 0.29) is 0 Å². The Labute approximate surface area is 118 Å². The number of rotatable bonds is 3. The van der Waals surface area contributed by atoms with E-state index in [0.29, 0.717) is 0 Å². The number of hydrazone groups is 1. The average molecular weight is 267 g/mol. The second kappa shape index (κ2) is 6.14. The number of pyridine rings is 2. The summed E-state index contributed by atoms with van der Waals surface area (Å²) >= 11 is 0. The van der Waals surface area contributed by atoms with Crippen LogP contribution in [0.2, 0.25) is 0 Å². The van der Waals surface area contributed by atoms with Crippen molar-refractivity contribution in [3.63, 3.8) is 0 Å². The molecule has 0 aliphatic carbocycles. The van der Waals surface area contributed by atoms with Crippen LogP contribution in [0.15, 0.2) is 53.9 Å². The molecule has 2 aromatic rings. The van der Waals surface area contributed by atoms with Crippen LogP contribution in [0.3, 0.4) is 0 Å². The van der Waals surface area contributed by atoms with Crippen LogP contribution in [-0.2, 0) is 0 Å². The van der Waals surface area contributed by atoms with E-state index in [1.807, 2.05) is 48.8 Å². The molecule has 3 heterocycles. The molecule has 0 aromatic carbocycles. The number of piperazine rings is 1. The highest BCUT2D eigenvalue weighted by Crippen LogP contribution is 2.12. The molecule has 5 heteroatoms. The fraction of sp³-hybridized carbons (Fsp3) is 0.267. The molecule has 3 rings (SSSR count). The van der Waals surface area contributed by atoms with Gasteiger partial charge in [-0.1, -0.05) is 12.1 Å². The topological polar surface area (TPSA) is 44.6 Å². The van der Waals surface area contributed by atoms with Crippen molar-refractivity contribution in [1.82, 2.24) is 15.0 Å². The summed E-state index contributed by atoms with van der Waals surface area (Å²) in [5.41, 5.74) is 0.889. The van der Waals surface area contributed by atoms with E-state index < -0.39 is 0 Å². The Hall–Kier alpha value is -2.43. The Morgan fingerprint density at radius 3 is 2.30 bits per heavy atom. The summed E-state index contributed by atoms with van der Waals surface area (Å²) in [5, 5.41) is 6.56. The van der Waals surface area contributed by atoms with Gasteiger partial charge in [0.2, 0.25) is 0 Å². The molecule has 2 aromatic heterocycles. The molecular formula is C15H17N5. The van der Waals surface area contributed by atoms with Crippen LogP contribution in [-0.4, -0.2) is 47.4 Å². The monoisotopic (exact) mass is 267 g/mol. The van der Waals surface area contributed by atoms with Gasteiger partial charge in [-0.05, 0) is 24.3 Å². The first-order valence-corrected chi connectivity index (χ1v) is 6.78. The molecule has 5 nitrogen and oxygen atoms in total. The first-order valence-electron chi connectivity index (χ1n) is 6.78. The third-order valence-corrected chi connectivity index (χ3v) is 3.27. The van der Waals surface area contributed by atoms with Crippen molar-refractivity contribution >= 4 is 12.0 Å². The van der Waals surface area contributed by atoms with Crippen molar-refractivity contribution in [3.8, 4) is 0 Å². The Bertz CT molecular complexity index is 547. The molecule has 0 bridgehead atoms. The van der Waals surface area contributed by atoms with Crippen molar-refractivity contribution in [3.05, 3.63) is 54.5 Å². The van der Waals surface area contributed by atoms with E-state index in [1.54, 1.807) is 6.20 Å². The summed E-state index contributed by atoms with van der Waals surface area (Å²) in [6.45, 7) is 3.69. The molecule has 1 aliphatic rings. The van der Waals surface area contributed by atoms with E-state index >= 15 is 0 Å². The standard InChI is InChI=1S/C15H17N5/c1-3-7-16-14(5-1)13-18-20-11-9-19(10-12-20)15-6-2-4-8-17-15/h1-8,13H,9-12H2/b18-13-. The minimum Gasteiger partial charge on any atom is -0.353 e. The van der Waals surface area contributed by atoms with Crippen LogP contribution in [0.4, 0.5) is 5.82 Å². The van der Waals surface area contributed by atoms with Crippen LogP contribution in [0.5, 0.6) is 0 Å². The lowest BCUT2D eigenvalue weighted by Gasteiger charge is -2.33. The summed E-state index contributed by atoms with van der Waals surface area (Å²) in [5.74, 6) is 1.04. The van der Waals surface area contributed by atoms with Crippen molar-refractivity contribution in [2.45, 2.75) is 0 Å². The predicted molar refractivity (Wildman–Crippen MR) is 79.9 cm³/mol. The molecule has 0 amide bonds. The molecule has 0 atom stereocenters. The van der Waals surface area contributed by atoms with E-state index in [2.05, 4.69) is 25.0 Å². The maximum absolute atomic E-state index is 4.48. The number of hydrogen-bond donors (Lipinski definition) is 0. The highest BCUT2D eigenvalue weighted by molar-refractivity contribution is 5.76. The number of aromatic nitrogens is 2. The smallest absolute Gasteiger partial charge is 0.128 e. The van der Waals surface area contributed by atoms with Gasteiger partial charge in [-0.2, -0.15) is 5.10 Å². The van der Waals surface area contributed by atoms with E-state index in [4.69, 9.17) is 0 Å². The summed E-state index contributed by atoms with van der Waals surface area (Å²) in [7, 11) is 0. The molecule has 0 saturated carbocycles. The van der Waals surface area contributed by atoms with Gasteiger partial charge in [0.15, 0.2) is 0 Å². The minimum atomic E-state index is 0.889. The molecule has 0 radical (unpaired) electrons. The normalized spacial score (nSPS) is 15.8. The fourth-order valence-corrected chi connectivity index (χ4v) is 2.17. The minimum absolute atomic E-state index is 0.889. The van der Waals surface area contributed by atoms with Crippen LogP contribution in [0.1, 0.15) is 5.69 Å². The molecule has 1 saturated heterocycles.